The first-order valence-corrected chi connectivity index (χ1v) is 5.43. The van der Waals surface area contributed by atoms with E-state index in [1.807, 2.05) is 12.3 Å². The zero-order chi connectivity index (χ0) is 11.1. The Labute approximate surface area is 91.9 Å². The molecule has 0 fully saturated rings. The Hall–Kier alpha value is -1.09. The van der Waals surface area contributed by atoms with Gasteiger partial charge in [-0.2, -0.15) is 0 Å². The average Bonchev–Trinajstić information content (AvgIpc) is 2.24. The molecular formula is C12H20N2O. The minimum absolute atomic E-state index is 0.563. The molecule has 3 heteroatoms. The number of ether oxygens (including phenoxy) is 1. The number of nitrogens with one attached hydrogen (secondary N) is 1. The molecule has 15 heavy (non-hydrogen) atoms. The second-order valence-corrected chi connectivity index (χ2v) is 3.95. The maximum Gasteiger partial charge on any atom is 0.137 e. The molecule has 0 saturated heterocycles. The molecule has 1 N–H and O–H groups in total. The van der Waals surface area contributed by atoms with E-state index < -0.39 is 0 Å². The molecule has 1 heterocycles. The SMILES string of the molecule is COc1cncc(CCCNC(C)C)c1. The fourth-order valence-electron chi connectivity index (χ4n) is 1.40. The molecule has 0 spiro atoms. The molecule has 0 unspecified atom stereocenters. The van der Waals surface area contributed by atoms with Crippen molar-refractivity contribution >= 4 is 0 Å². The standard InChI is InChI=1S/C12H20N2O/c1-10(2)14-6-4-5-11-7-12(15-3)9-13-8-11/h7-10,14H,4-6H2,1-3H3. The van der Waals surface area contributed by atoms with Crippen LogP contribution in [0.5, 0.6) is 5.75 Å². The Morgan fingerprint density at radius 3 is 2.87 bits per heavy atom. The minimum Gasteiger partial charge on any atom is -0.495 e. The van der Waals surface area contributed by atoms with E-state index >= 15 is 0 Å². The van der Waals surface area contributed by atoms with Crippen molar-refractivity contribution in [3.05, 3.63) is 24.0 Å². The van der Waals surface area contributed by atoms with E-state index in [1.165, 1.54) is 5.56 Å². The van der Waals surface area contributed by atoms with Crippen LogP contribution in [0.1, 0.15) is 25.8 Å². The summed E-state index contributed by atoms with van der Waals surface area (Å²) in [6, 6.07) is 2.61. The smallest absolute Gasteiger partial charge is 0.137 e. The molecule has 0 aliphatic carbocycles. The zero-order valence-corrected chi connectivity index (χ0v) is 9.79. The van der Waals surface area contributed by atoms with Crippen molar-refractivity contribution in [2.24, 2.45) is 0 Å². The zero-order valence-electron chi connectivity index (χ0n) is 9.79. The summed E-state index contributed by atoms with van der Waals surface area (Å²) >= 11 is 0. The van der Waals surface area contributed by atoms with Crippen molar-refractivity contribution in [1.29, 1.82) is 0 Å². The Morgan fingerprint density at radius 1 is 1.40 bits per heavy atom. The summed E-state index contributed by atoms with van der Waals surface area (Å²) in [5.74, 6) is 0.837. The van der Waals surface area contributed by atoms with E-state index in [2.05, 4.69) is 24.1 Å². The van der Waals surface area contributed by atoms with Gasteiger partial charge in [-0.1, -0.05) is 13.8 Å². The number of hydrogen-bond donors (Lipinski definition) is 1. The van der Waals surface area contributed by atoms with E-state index in [9.17, 15) is 0 Å². The fraction of sp³-hybridized carbons (Fsp3) is 0.583. The largest absolute Gasteiger partial charge is 0.495 e. The van der Waals surface area contributed by atoms with Gasteiger partial charge < -0.3 is 10.1 Å². The third kappa shape index (κ3) is 4.79. The van der Waals surface area contributed by atoms with Gasteiger partial charge in [0.2, 0.25) is 0 Å². The minimum atomic E-state index is 0.563. The first-order valence-electron chi connectivity index (χ1n) is 5.43. The second-order valence-electron chi connectivity index (χ2n) is 3.95. The highest BCUT2D eigenvalue weighted by atomic mass is 16.5. The van der Waals surface area contributed by atoms with Gasteiger partial charge >= 0.3 is 0 Å². The molecule has 1 aromatic rings. The van der Waals surface area contributed by atoms with E-state index in [-0.39, 0.29) is 0 Å². The predicted molar refractivity (Wildman–Crippen MR) is 62.2 cm³/mol. The molecule has 84 valence electrons. The number of aromatic nitrogens is 1. The van der Waals surface area contributed by atoms with Crippen molar-refractivity contribution in [3.63, 3.8) is 0 Å². The van der Waals surface area contributed by atoms with Crippen molar-refractivity contribution in [2.45, 2.75) is 32.7 Å². The van der Waals surface area contributed by atoms with Crippen LogP contribution in [0, 0.1) is 0 Å². The predicted octanol–water partition coefficient (Wildman–Crippen LogP) is 2.02. The van der Waals surface area contributed by atoms with Crippen LogP contribution in [0.15, 0.2) is 18.5 Å². The van der Waals surface area contributed by atoms with Crippen LogP contribution in [0.3, 0.4) is 0 Å². The third-order valence-corrected chi connectivity index (χ3v) is 2.20. The quantitative estimate of drug-likeness (QED) is 0.726. The molecule has 1 rings (SSSR count). The van der Waals surface area contributed by atoms with Gasteiger partial charge in [0, 0.05) is 12.2 Å². The van der Waals surface area contributed by atoms with Gasteiger partial charge in [-0.25, -0.2) is 0 Å². The molecule has 0 saturated carbocycles. The lowest BCUT2D eigenvalue weighted by molar-refractivity contribution is 0.412. The van der Waals surface area contributed by atoms with Crippen LogP contribution in [-0.2, 0) is 6.42 Å². The summed E-state index contributed by atoms with van der Waals surface area (Å²) in [7, 11) is 1.67. The highest BCUT2D eigenvalue weighted by molar-refractivity contribution is 5.23. The number of methoxy groups -OCH3 is 1. The first-order chi connectivity index (χ1) is 7.22. The summed E-state index contributed by atoms with van der Waals surface area (Å²) in [5, 5.41) is 3.39. The van der Waals surface area contributed by atoms with Crippen LogP contribution in [0.2, 0.25) is 0 Å². The third-order valence-electron chi connectivity index (χ3n) is 2.20. The number of nitrogens with zero attached hydrogens (tertiary/aromatic N) is 1. The van der Waals surface area contributed by atoms with Gasteiger partial charge in [0.05, 0.1) is 13.3 Å². The van der Waals surface area contributed by atoms with Crippen LogP contribution in [-0.4, -0.2) is 24.7 Å². The highest BCUT2D eigenvalue weighted by Gasteiger charge is 1.97. The van der Waals surface area contributed by atoms with E-state index in [0.29, 0.717) is 6.04 Å². The lowest BCUT2D eigenvalue weighted by atomic mass is 10.1. The molecule has 0 bridgehead atoms. The fourth-order valence-corrected chi connectivity index (χ4v) is 1.40. The lowest BCUT2D eigenvalue weighted by Crippen LogP contribution is -2.23. The number of rotatable bonds is 6. The van der Waals surface area contributed by atoms with Gasteiger partial charge in [0.15, 0.2) is 0 Å². The normalized spacial score (nSPS) is 10.7. The van der Waals surface area contributed by atoms with E-state index in [1.54, 1.807) is 13.3 Å². The molecule has 0 aliphatic heterocycles. The van der Waals surface area contributed by atoms with E-state index in [4.69, 9.17) is 4.74 Å². The second kappa shape index (κ2) is 6.40. The van der Waals surface area contributed by atoms with Crippen molar-refractivity contribution in [3.8, 4) is 5.75 Å². The first kappa shape index (κ1) is 12.0. The summed E-state index contributed by atoms with van der Waals surface area (Å²) in [5.41, 5.74) is 1.24. The van der Waals surface area contributed by atoms with Gasteiger partial charge in [-0.05, 0) is 31.0 Å². The summed E-state index contributed by atoms with van der Waals surface area (Å²) < 4.78 is 5.12. The molecule has 0 aliphatic rings. The lowest BCUT2D eigenvalue weighted by Gasteiger charge is -2.07. The van der Waals surface area contributed by atoms with Gasteiger partial charge in [0.1, 0.15) is 5.75 Å². The number of pyridine rings is 1. The Kier molecular flexibility index (Phi) is 5.12. The highest BCUT2D eigenvalue weighted by Crippen LogP contribution is 2.11. The molecular weight excluding hydrogens is 188 g/mol. The Balaban J connectivity index is 2.30. The summed E-state index contributed by atoms with van der Waals surface area (Å²) in [4.78, 5) is 4.12. The van der Waals surface area contributed by atoms with Gasteiger partial charge in [-0.3, -0.25) is 4.98 Å². The van der Waals surface area contributed by atoms with Crippen molar-refractivity contribution in [2.75, 3.05) is 13.7 Å². The van der Waals surface area contributed by atoms with Gasteiger partial charge in [-0.15, -0.1) is 0 Å². The van der Waals surface area contributed by atoms with Crippen molar-refractivity contribution < 1.29 is 4.74 Å². The number of hydrogen-bond acceptors (Lipinski definition) is 3. The Bertz CT molecular complexity index is 287. The Morgan fingerprint density at radius 2 is 2.20 bits per heavy atom. The molecule has 0 atom stereocenters. The van der Waals surface area contributed by atoms with Crippen LogP contribution in [0.25, 0.3) is 0 Å². The summed E-state index contributed by atoms with van der Waals surface area (Å²) in [6.07, 6.45) is 5.81. The maximum absolute atomic E-state index is 5.12. The van der Waals surface area contributed by atoms with Crippen LogP contribution >= 0.6 is 0 Å². The van der Waals surface area contributed by atoms with Gasteiger partial charge in [0.25, 0.3) is 0 Å². The van der Waals surface area contributed by atoms with E-state index in [0.717, 1.165) is 25.1 Å². The van der Waals surface area contributed by atoms with Crippen LogP contribution in [0.4, 0.5) is 0 Å². The molecule has 1 aromatic heterocycles. The molecule has 0 radical (unpaired) electrons. The maximum atomic E-state index is 5.12. The van der Waals surface area contributed by atoms with Crippen molar-refractivity contribution in [1.82, 2.24) is 10.3 Å². The molecule has 0 amide bonds. The average molecular weight is 208 g/mol. The van der Waals surface area contributed by atoms with Crippen LogP contribution < -0.4 is 10.1 Å². The topological polar surface area (TPSA) is 34.1 Å². The molecule has 3 nitrogen and oxygen atoms in total. The summed E-state index contributed by atoms with van der Waals surface area (Å²) in [6.45, 7) is 5.37. The monoisotopic (exact) mass is 208 g/mol. The molecule has 0 aromatic carbocycles. The number of aryl methyl sites for hydroxylation is 1.